The summed E-state index contributed by atoms with van der Waals surface area (Å²) in [6, 6.07) is 0. The first-order valence-corrected chi connectivity index (χ1v) is 5.55. The van der Waals surface area contributed by atoms with E-state index < -0.39 is 60.3 Å². The van der Waals surface area contributed by atoms with Crippen LogP contribution in [0.4, 0.5) is 0 Å². The Morgan fingerprint density at radius 3 is 0.688 bits per heavy atom. The fourth-order valence-corrected chi connectivity index (χ4v) is 4.11. The Balaban J connectivity index is 2.04. The molecule has 3 fully saturated rings. The molecule has 92 valence electrons. The van der Waals surface area contributed by atoms with E-state index in [1.165, 1.54) is 0 Å². The molecular formula is C10H16O6. The van der Waals surface area contributed by atoms with Crippen LogP contribution in [0.5, 0.6) is 0 Å². The molecule has 3 saturated carbocycles. The van der Waals surface area contributed by atoms with Crippen molar-refractivity contribution in [2.45, 2.75) is 36.6 Å². The molecule has 3 rings (SSSR count). The summed E-state index contributed by atoms with van der Waals surface area (Å²) < 4.78 is 0. The molecule has 3 aliphatic carbocycles. The van der Waals surface area contributed by atoms with Crippen molar-refractivity contribution in [3.8, 4) is 0 Å². The van der Waals surface area contributed by atoms with E-state index in [2.05, 4.69) is 0 Å². The molecule has 0 aliphatic heterocycles. The van der Waals surface area contributed by atoms with Crippen molar-refractivity contribution >= 4 is 0 Å². The predicted molar refractivity (Wildman–Crippen MR) is 50.0 cm³/mol. The summed E-state index contributed by atoms with van der Waals surface area (Å²) in [6.45, 7) is 0. The lowest BCUT2D eigenvalue weighted by atomic mass is 9.91. The molecule has 6 heteroatoms. The summed E-state index contributed by atoms with van der Waals surface area (Å²) in [5.41, 5.74) is 0. The lowest BCUT2D eigenvalue weighted by Crippen LogP contribution is -2.37. The van der Waals surface area contributed by atoms with Gasteiger partial charge in [-0.3, -0.25) is 0 Å². The van der Waals surface area contributed by atoms with Crippen LogP contribution in [0.2, 0.25) is 0 Å². The van der Waals surface area contributed by atoms with Crippen LogP contribution in [0.1, 0.15) is 0 Å². The first-order chi connectivity index (χ1) is 7.46. The molecule has 0 aromatic heterocycles. The Kier molecular flexibility index (Phi) is 2.15. The molecule has 3 unspecified atom stereocenters. The van der Waals surface area contributed by atoms with E-state index in [4.69, 9.17) is 0 Å². The highest BCUT2D eigenvalue weighted by Gasteiger charge is 2.70. The molecule has 0 spiro atoms. The molecule has 0 heterocycles. The minimum atomic E-state index is -1.15. The van der Waals surface area contributed by atoms with Gasteiger partial charge >= 0.3 is 0 Å². The van der Waals surface area contributed by atoms with Gasteiger partial charge in [-0.25, -0.2) is 0 Å². The van der Waals surface area contributed by atoms with Crippen LogP contribution >= 0.6 is 0 Å². The van der Waals surface area contributed by atoms with Gasteiger partial charge in [0.25, 0.3) is 0 Å². The zero-order valence-electron chi connectivity index (χ0n) is 8.46. The Labute approximate surface area is 91.8 Å². The zero-order chi connectivity index (χ0) is 11.8. The van der Waals surface area contributed by atoms with Crippen molar-refractivity contribution in [3.63, 3.8) is 0 Å². The van der Waals surface area contributed by atoms with E-state index in [-0.39, 0.29) is 0 Å². The molecule has 0 amide bonds. The van der Waals surface area contributed by atoms with Gasteiger partial charge in [-0.1, -0.05) is 0 Å². The van der Waals surface area contributed by atoms with E-state index in [0.29, 0.717) is 0 Å². The van der Waals surface area contributed by atoms with Crippen molar-refractivity contribution in [2.24, 2.45) is 23.7 Å². The van der Waals surface area contributed by atoms with Gasteiger partial charge < -0.3 is 30.6 Å². The second-order valence-electron chi connectivity index (χ2n) is 5.25. The van der Waals surface area contributed by atoms with E-state index in [9.17, 15) is 30.6 Å². The van der Waals surface area contributed by atoms with Crippen LogP contribution in [-0.2, 0) is 0 Å². The van der Waals surface area contributed by atoms with Crippen LogP contribution in [-0.4, -0.2) is 67.3 Å². The highest BCUT2D eigenvalue weighted by Crippen LogP contribution is 2.58. The molecule has 6 nitrogen and oxygen atoms in total. The molecule has 0 radical (unpaired) electrons. The molecule has 0 aromatic carbocycles. The van der Waals surface area contributed by atoms with Gasteiger partial charge in [0, 0.05) is 17.8 Å². The van der Waals surface area contributed by atoms with E-state index in [1.807, 2.05) is 0 Å². The summed E-state index contributed by atoms with van der Waals surface area (Å²) in [6.07, 6.45) is -6.88. The maximum atomic E-state index is 9.77. The van der Waals surface area contributed by atoms with Crippen LogP contribution in [0, 0.1) is 23.7 Å². The third-order valence-electron chi connectivity index (χ3n) is 4.75. The SMILES string of the molecule is O[C@@H]1C2C3C([C@@H](O)[C@@H](O)C3[C@@H](O)[C@H]2O)[C@@H]1O. The van der Waals surface area contributed by atoms with Crippen LogP contribution < -0.4 is 0 Å². The summed E-state index contributed by atoms with van der Waals surface area (Å²) in [5, 5.41) is 58.6. The first kappa shape index (κ1) is 10.9. The minimum Gasteiger partial charge on any atom is -0.390 e. The molecule has 9 atom stereocenters. The van der Waals surface area contributed by atoms with Crippen molar-refractivity contribution in [1.82, 2.24) is 0 Å². The molecular weight excluding hydrogens is 216 g/mol. The Morgan fingerprint density at radius 1 is 0.312 bits per heavy atom. The molecule has 6 N–H and O–H groups in total. The second kappa shape index (κ2) is 3.16. The average molecular weight is 232 g/mol. The average Bonchev–Trinajstić information content (AvgIpc) is 2.73. The highest BCUT2D eigenvalue weighted by molar-refractivity contribution is 5.18. The fourth-order valence-electron chi connectivity index (χ4n) is 4.11. The van der Waals surface area contributed by atoms with Gasteiger partial charge in [0.15, 0.2) is 0 Å². The van der Waals surface area contributed by atoms with Crippen LogP contribution in [0.3, 0.4) is 0 Å². The standard InChI is InChI=1S/C10H16O6/c11-5-2-1-3(7(5)13)9(15)10(16)4(1)8(14)6(2)12/h1-16H/t1?,2?,3?,4?,5-,6+,7+,8-,9-,10+. The lowest BCUT2D eigenvalue weighted by molar-refractivity contribution is -0.0559. The quantitative estimate of drug-likeness (QED) is 0.260. The Hall–Kier alpha value is -0.240. The zero-order valence-corrected chi connectivity index (χ0v) is 8.46. The van der Waals surface area contributed by atoms with E-state index in [1.54, 1.807) is 0 Å². The summed E-state index contributed by atoms with van der Waals surface area (Å²) in [4.78, 5) is 0. The first-order valence-electron chi connectivity index (χ1n) is 5.55. The van der Waals surface area contributed by atoms with E-state index in [0.717, 1.165) is 0 Å². The lowest BCUT2D eigenvalue weighted by Gasteiger charge is -2.20. The minimum absolute atomic E-state index is 0.417. The van der Waals surface area contributed by atoms with Gasteiger partial charge in [0.05, 0.1) is 36.6 Å². The normalized spacial score (nSPS) is 68.6. The monoisotopic (exact) mass is 232 g/mol. The van der Waals surface area contributed by atoms with E-state index >= 15 is 0 Å². The van der Waals surface area contributed by atoms with Crippen molar-refractivity contribution in [3.05, 3.63) is 0 Å². The summed E-state index contributed by atoms with van der Waals surface area (Å²) in [5.74, 6) is -2.40. The van der Waals surface area contributed by atoms with Crippen LogP contribution in [0.15, 0.2) is 0 Å². The van der Waals surface area contributed by atoms with Crippen molar-refractivity contribution < 1.29 is 30.6 Å². The summed E-state index contributed by atoms with van der Waals surface area (Å²) >= 11 is 0. The maximum Gasteiger partial charge on any atom is 0.0859 e. The van der Waals surface area contributed by atoms with Gasteiger partial charge in [-0.05, 0) is 5.92 Å². The number of hydrogen-bond donors (Lipinski definition) is 6. The Bertz CT molecular complexity index is 238. The highest BCUT2D eigenvalue weighted by atomic mass is 16.4. The van der Waals surface area contributed by atoms with Gasteiger partial charge in [-0.15, -0.1) is 0 Å². The Morgan fingerprint density at radius 2 is 0.500 bits per heavy atom. The number of rotatable bonds is 0. The molecule has 0 aromatic rings. The van der Waals surface area contributed by atoms with Crippen LogP contribution in [0.25, 0.3) is 0 Å². The second-order valence-corrected chi connectivity index (χ2v) is 5.25. The third-order valence-corrected chi connectivity index (χ3v) is 4.75. The molecule has 0 saturated heterocycles. The van der Waals surface area contributed by atoms with Gasteiger partial charge in [0.1, 0.15) is 0 Å². The summed E-state index contributed by atoms with van der Waals surface area (Å²) in [7, 11) is 0. The third kappa shape index (κ3) is 0.982. The fraction of sp³-hybridized carbons (Fsp3) is 1.00. The van der Waals surface area contributed by atoms with Gasteiger partial charge in [-0.2, -0.15) is 0 Å². The largest absolute Gasteiger partial charge is 0.390 e. The predicted octanol–water partition coefficient (Wildman–Crippen LogP) is -3.34. The number of hydrogen-bond acceptors (Lipinski definition) is 6. The van der Waals surface area contributed by atoms with Crippen molar-refractivity contribution in [2.75, 3.05) is 0 Å². The topological polar surface area (TPSA) is 121 Å². The van der Waals surface area contributed by atoms with Crippen molar-refractivity contribution in [1.29, 1.82) is 0 Å². The molecule has 3 aliphatic rings. The number of aliphatic hydroxyl groups excluding tert-OH is 6. The smallest absolute Gasteiger partial charge is 0.0859 e. The molecule has 16 heavy (non-hydrogen) atoms. The maximum absolute atomic E-state index is 9.77. The molecule has 0 bridgehead atoms. The van der Waals surface area contributed by atoms with Gasteiger partial charge in [0.2, 0.25) is 0 Å². The number of aliphatic hydroxyl groups is 6.